The van der Waals surface area contributed by atoms with Gasteiger partial charge in [0.05, 0.1) is 0 Å². The minimum Gasteiger partial charge on any atom is -0.381 e. The van der Waals surface area contributed by atoms with E-state index in [4.69, 9.17) is 10.5 Å². The summed E-state index contributed by atoms with van der Waals surface area (Å²) in [6, 6.07) is 0.653. The summed E-state index contributed by atoms with van der Waals surface area (Å²) < 4.78 is 5.44. The molecule has 0 radical (unpaired) electrons. The highest BCUT2D eigenvalue weighted by Crippen LogP contribution is 2.55. The average molecular weight is 226 g/mol. The third kappa shape index (κ3) is 1.89. The van der Waals surface area contributed by atoms with E-state index in [1.165, 1.54) is 12.8 Å². The maximum Gasteiger partial charge on any atom is 0.0480 e. The van der Waals surface area contributed by atoms with Crippen LogP contribution in [-0.4, -0.2) is 43.3 Å². The molecule has 0 bridgehead atoms. The van der Waals surface area contributed by atoms with E-state index >= 15 is 0 Å². The first-order valence-electron chi connectivity index (χ1n) is 6.54. The molecule has 2 rings (SSSR count). The fourth-order valence-corrected chi connectivity index (χ4v) is 3.02. The molecule has 2 aliphatic rings. The molecule has 0 amide bonds. The molecule has 0 aromatic rings. The Morgan fingerprint density at radius 1 is 1.38 bits per heavy atom. The Labute approximate surface area is 99.3 Å². The Bertz CT molecular complexity index is 246. The van der Waals surface area contributed by atoms with Gasteiger partial charge in [-0.3, -0.25) is 4.90 Å². The minimum absolute atomic E-state index is 0.162. The Hall–Kier alpha value is -0.120. The highest BCUT2D eigenvalue weighted by Gasteiger charge is 2.55. The van der Waals surface area contributed by atoms with Gasteiger partial charge in [-0.15, -0.1) is 0 Å². The van der Waals surface area contributed by atoms with Gasteiger partial charge in [0, 0.05) is 31.3 Å². The number of hydrogen-bond donors (Lipinski definition) is 1. The molecule has 0 aromatic heterocycles. The topological polar surface area (TPSA) is 38.5 Å². The van der Waals surface area contributed by atoms with Crippen LogP contribution >= 0.6 is 0 Å². The number of nitrogens with zero attached hydrogens (tertiary/aromatic N) is 1. The van der Waals surface area contributed by atoms with E-state index in [-0.39, 0.29) is 5.54 Å². The zero-order valence-corrected chi connectivity index (χ0v) is 11.0. The van der Waals surface area contributed by atoms with Crippen LogP contribution in [0.25, 0.3) is 0 Å². The summed E-state index contributed by atoms with van der Waals surface area (Å²) in [6.07, 6.45) is 4.97. The molecule has 94 valence electrons. The molecule has 2 fully saturated rings. The second-order valence-electron chi connectivity index (χ2n) is 5.99. The monoisotopic (exact) mass is 226 g/mol. The number of rotatable bonds is 4. The first kappa shape index (κ1) is 12.3. The largest absolute Gasteiger partial charge is 0.381 e. The van der Waals surface area contributed by atoms with E-state index in [0.717, 1.165) is 32.6 Å². The second kappa shape index (κ2) is 4.28. The SMILES string of the molecule is CN(C1CCOCC1)C(C)(CN)C1(C)CC1. The summed E-state index contributed by atoms with van der Waals surface area (Å²) >= 11 is 0. The summed E-state index contributed by atoms with van der Waals surface area (Å²) in [7, 11) is 2.26. The van der Waals surface area contributed by atoms with Gasteiger partial charge in [0.1, 0.15) is 0 Å². The zero-order chi connectivity index (χ0) is 11.8. The molecular formula is C13H26N2O. The van der Waals surface area contributed by atoms with Crippen LogP contribution in [0.2, 0.25) is 0 Å². The van der Waals surface area contributed by atoms with E-state index in [9.17, 15) is 0 Å². The molecular weight excluding hydrogens is 200 g/mol. The Balaban J connectivity index is 2.07. The van der Waals surface area contributed by atoms with E-state index in [2.05, 4.69) is 25.8 Å². The van der Waals surface area contributed by atoms with Crippen molar-refractivity contribution in [3.8, 4) is 0 Å². The summed E-state index contributed by atoms with van der Waals surface area (Å²) in [5, 5.41) is 0. The highest BCUT2D eigenvalue weighted by molar-refractivity contribution is 5.10. The Kier molecular flexibility index (Phi) is 3.30. The Morgan fingerprint density at radius 3 is 2.38 bits per heavy atom. The molecule has 2 N–H and O–H groups in total. The number of likely N-dealkylation sites (N-methyl/N-ethyl adjacent to an activating group) is 1. The number of nitrogens with two attached hydrogens (primary N) is 1. The van der Waals surface area contributed by atoms with Gasteiger partial charge >= 0.3 is 0 Å². The first-order valence-corrected chi connectivity index (χ1v) is 6.54. The van der Waals surface area contributed by atoms with Crippen LogP contribution in [0.4, 0.5) is 0 Å². The van der Waals surface area contributed by atoms with Crippen LogP contribution < -0.4 is 5.73 Å². The number of hydrogen-bond acceptors (Lipinski definition) is 3. The van der Waals surface area contributed by atoms with Gasteiger partial charge in [0.2, 0.25) is 0 Å². The molecule has 0 spiro atoms. The summed E-state index contributed by atoms with van der Waals surface area (Å²) in [6.45, 7) is 7.31. The molecule has 1 saturated carbocycles. The average Bonchev–Trinajstić information content (AvgIpc) is 3.08. The standard InChI is InChI=1S/C13H26N2O/c1-12(6-7-12)13(2,10-14)15(3)11-4-8-16-9-5-11/h11H,4-10,14H2,1-3H3. The highest BCUT2D eigenvalue weighted by atomic mass is 16.5. The lowest BCUT2D eigenvalue weighted by Crippen LogP contribution is -2.59. The number of ether oxygens (including phenoxy) is 1. The predicted molar refractivity (Wildman–Crippen MR) is 66.4 cm³/mol. The molecule has 3 heteroatoms. The van der Waals surface area contributed by atoms with Gasteiger partial charge in [-0.2, -0.15) is 0 Å². The third-order valence-electron chi connectivity index (χ3n) is 5.21. The van der Waals surface area contributed by atoms with Crippen LogP contribution in [0.1, 0.15) is 39.5 Å². The molecule has 16 heavy (non-hydrogen) atoms. The molecule has 1 atom stereocenters. The van der Waals surface area contributed by atoms with E-state index < -0.39 is 0 Å². The molecule has 0 aromatic carbocycles. The fraction of sp³-hybridized carbons (Fsp3) is 1.00. The summed E-state index contributed by atoms with van der Waals surface area (Å²) in [5.41, 5.74) is 6.67. The van der Waals surface area contributed by atoms with E-state index in [0.29, 0.717) is 11.5 Å². The first-order chi connectivity index (χ1) is 7.53. The van der Waals surface area contributed by atoms with Crippen molar-refractivity contribution in [3.63, 3.8) is 0 Å². The second-order valence-corrected chi connectivity index (χ2v) is 5.99. The molecule has 1 aliphatic heterocycles. The quantitative estimate of drug-likeness (QED) is 0.791. The molecule has 3 nitrogen and oxygen atoms in total. The summed E-state index contributed by atoms with van der Waals surface area (Å²) in [4.78, 5) is 2.54. The fourth-order valence-electron chi connectivity index (χ4n) is 3.02. The van der Waals surface area contributed by atoms with Gasteiger partial charge in [0.25, 0.3) is 0 Å². The van der Waals surface area contributed by atoms with Crippen molar-refractivity contribution in [2.45, 2.75) is 51.1 Å². The molecule has 1 heterocycles. The summed E-state index contributed by atoms with van der Waals surface area (Å²) in [5.74, 6) is 0. The smallest absolute Gasteiger partial charge is 0.0480 e. The van der Waals surface area contributed by atoms with Crippen LogP contribution in [0.5, 0.6) is 0 Å². The van der Waals surface area contributed by atoms with Crippen LogP contribution in [0.3, 0.4) is 0 Å². The van der Waals surface area contributed by atoms with Crippen molar-refractivity contribution in [2.75, 3.05) is 26.8 Å². The van der Waals surface area contributed by atoms with Crippen molar-refractivity contribution in [1.29, 1.82) is 0 Å². The lowest BCUT2D eigenvalue weighted by atomic mass is 9.81. The normalized spacial score (nSPS) is 29.1. The third-order valence-corrected chi connectivity index (χ3v) is 5.21. The minimum atomic E-state index is 0.162. The lowest BCUT2D eigenvalue weighted by molar-refractivity contribution is -0.0211. The van der Waals surface area contributed by atoms with Crippen molar-refractivity contribution in [2.24, 2.45) is 11.1 Å². The van der Waals surface area contributed by atoms with Crippen LogP contribution in [-0.2, 0) is 4.74 Å². The molecule has 1 saturated heterocycles. The van der Waals surface area contributed by atoms with Crippen molar-refractivity contribution < 1.29 is 4.74 Å². The zero-order valence-electron chi connectivity index (χ0n) is 11.0. The predicted octanol–water partition coefficient (Wildman–Crippen LogP) is 1.61. The van der Waals surface area contributed by atoms with Gasteiger partial charge in [0.15, 0.2) is 0 Å². The maximum atomic E-state index is 6.07. The van der Waals surface area contributed by atoms with E-state index in [1.54, 1.807) is 0 Å². The molecule has 1 aliphatic carbocycles. The van der Waals surface area contributed by atoms with Gasteiger partial charge in [-0.1, -0.05) is 6.92 Å². The van der Waals surface area contributed by atoms with Crippen molar-refractivity contribution in [3.05, 3.63) is 0 Å². The lowest BCUT2D eigenvalue weighted by Gasteiger charge is -2.48. The van der Waals surface area contributed by atoms with Crippen molar-refractivity contribution >= 4 is 0 Å². The van der Waals surface area contributed by atoms with Gasteiger partial charge in [-0.25, -0.2) is 0 Å². The maximum absolute atomic E-state index is 6.07. The van der Waals surface area contributed by atoms with Gasteiger partial charge < -0.3 is 10.5 Å². The van der Waals surface area contributed by atoms with Crippen LogP contribution in [0.15, 0.2) is 0 Å². The van der Waals surface area contributed by atoms with Crippen LogP contribution in [0, 0.1) is 5.41 Å². The molecule has 1 unspecified atom stereocenters. The van der Waals surface area contributed by atoms with E-state index in [1.807, 2.05) is 0 Å². The van der Waals surface area contributed by atoms with Crippen molar-refractivity contribution in [1.82, 2.24) is 4.90 Å². The Morgan fingerprint density at radius 2 is 1.94 bits per heavy atom. The van der Waals surface area contributed by atoms with Gasteiger partial charge in [-0.05, 0) is 45.1 Å².